The van der Waals surface area contributed by atoms with Gasteiger partial charge in [0.25, 0.3) is 5.91 Å². The lowest BCUT2D eigenvalue weighted by atomic mass is 10.2. The minimum absolute atomic E-state index is 0.0283. The van der Waals surface area contributed by atoms with Crippen molar-refractivity contribution in [3.63, 3.8) is 0 Å². The van der Waals surface area contributed by atoms with E-state index in [2.05, 4.69) is 41.9 Å². The Morgan fingerprint density at radius 3 is 2.87 bits per heavy atom. The third kappa shape index (κ3) is 5.50. The molecular weight excluding hydrogens is 412 g/mol. The molecule has 1 unspecified atom stereocenters. The lowest BCUT2D eigenvalue weighted by Crippen LogP contribution is -2.26. The predicted molar refractivity (Wildman–Crippen MR) is 124 cm³/mol. The fraction of sp³-hybridized carbons (Fsp3) is 0.333. The summed E-state index contributed by atoms with van der Waals surface area (Å²) in [6, 6.07) is 16.2. The zero-order valence-electron chi connectivity index (χ0n) is 17.1. The Morgan fingerprint density at radius 2 is 2.07 bits per heavy atom. The number of aromatic nitrogens is 1. The van der Waals surface area contributed by atoms with Crippen molar-refractivity contribution in [2.45, 2.75) is 37.2 Å². The molecule has 6 heteroatoms. The molecule has 0 saturated carbocycles. The molecule has 1 aliphatic heterocycles. The van der Waals surface area contributed by atoms with Crippen molar-refractivity contribution in [1.82, 2.24) is 10.3 Å². The van der Waals surface area contributed by atoms with E-state index in [1.807, 2.05) is 24.3 Å². The highest BCUT2D eigenvalue weighted by molar-refractivity contribution is 7.99. The number of hydrogen-bond donors (Lipinski definition) is 1. The van der Waals surface area contributed by atoms with Crippen molar-refractivity contribution >= 4 is 29.0 Å². The number of nitrogens with one attached hydrogen (secondary N) is 1. The Labute approximate surface area is 186 Å². The van der Waals surface area contributed by atoms with Gasteiger partial charge in [-0.25, -0.2) is 4.98 Å². The van der Waals surface area contributed by atoms with Gasteiger partial charge in [0.2, 0.25) is 0 Å². The highest BCUT2D eigenvalue weighted by Crippen LogP contribution is 2.27. The summed E-state index contributed by atoms with van der Waals surface area (Å²) in [5.41, 5.74) is 4.13. The number of nitrogens with zero attached hydrogens (tertiary/aromatic N) is 1. The first kappa shape index (κ1) is 21.1. The zero-order chi connectivity index (χ0) is 20.8. The van der Waals surface area contributed by atoms with E-state index in [1.165, 1.54) is 5.56 Å². The number of hydrogen-bond acceptors (Lipinski definition) is 5. The first-order valence-electron chi connectivity index (χ1n) is 10.3. The second-order valence-electron chi connectivity index (χ2n) is 7.46. The first-order valence-corrected chi connectivity index (χ1v) is 12.2. The number of carbonyl (C=O) groups excluding carboxylic acids is 1. The molecule has 1 fully saturated rings. The van der Waals surface area contributed by atoms with Crippen LogP contribution in [-0.2, 0) is 11.2 Å². The maximum atomic E-state index is 12.7. The quantitative estimate of drug-likeness (QED) is 0.481. The molecule has 0 radical (unpaired) electrons. The molecule has 1 aliphatic rings. The van der Waals surface area contributed by atoms with Crippen LogP contribution in [0.2, 0.25) is 0 Å². The van der Waals surface area contributed by atoms with Gasteiger partial charge in [-0.15, -0.1) is 23.1 Å². The number of benzene rings is 2. The highest BCUT2D eigenvalue weighted by atomic mass is 32.2. The van der Waals surface area contributed by atoms with Gasteiger partial charge < -0.3 is 10.1 Å². The molecule has 1 atom stereocenters. The van der Waals surface area contributed by atoms with Crippen LogP contribution >= 0.6 is 23.1 Å². The Morgan fingerprint density at radius 1 is 1.23 bits per heavy atom. The number of carbonyl (C=O) groups is 1. The van der Waals surface area contributed by atoms with Crippen LogP contribution in [0.4, 0.5) is 0 Å². The molecule has 1 aromatic heterocycles. The molecule has 4 nitrogen and oxygen atoms in total. The first-order chi connectivity index (χ1) is 14.7. The standard InChI is InChI=1S/C24H26N2O2S2/c1-17-8-10-18(11-9-17)24-26-19(15-30-24)12-13-25-23(27)21-6-2-3-7-22(21)29-16-20-5-4-14-28-20/h2-3,6-11,15,20H,4-5,12-14,16H2,1H3,(H,25,27). The van der Waals surface area contributed by atoms with E-state index in [-0.39, 0.29) is 5.91 Å². The average Bonchev–Trinajstić information content (AvgIpc) is 3.45. The Hall–Kier alpha value is -2.15. The van der Waals surface area contributed by atoms with Crippen molar-refractivity contribution in [3.05, 3.63) is 70.7 Å². The molecule has 0 aliphatic carbocycles. The number of amides is 1. The number of ether oxygens (including phenoxy) is 1. The summed E-state index contributed by atoms with van der Waals surface area (Å²) < 4.78 is 5.70. The van der Waals surface area contributed by atoms with E-state index < -0.39 is 0 Å². The van der Waals surface area contributed by atoms with Crippen LogP contribution in [0.3, 0.4) is 0 Å². The molecule has 1 N–H and O–H groups in total. The maximum Gasteiger partial charge on any atom is 0.252 e. The van der Waals surface area contributed by atoms with Gasteiger partial charge in [-0.2, -0.15) is 0 Å². The van der Waals surface area contributed by atoms with Crippen molar-refractivity contribution in [3.8, 4) is 10.6 Å². The summed E-state index contributed by atoms with van der Waals surface area (Å²) >= 11 is 3.35. The summed E-state index contributed by atoms with van der Waals surface area (Å²) in [6.45, 7) is 3.51. The maximum absolute atomic E-state index is 12.7. The molecule has 156 valence electrons. The molecule has 2 heterocycles. The molecule has 2 aromatic carbocycles. The number of thioether (sulfide) groups is 1. The van der Waals surface area contributed by atoms with Gasteiger partial charge in [0.15, 0.2) is 0 Å². The molecule has 0 spiro atoms. The molecule has 3 aromatic rings. The summed E-state index contributed by atoms with van der Waals surface area (Å²) in [6.07, 6.45) is 3.27. The van der Waals surface area contributed by atoms with Crippen LogP contribution in [0, 0.1) is 6.92 Å². The lowest BCUT2D eigenvalue weighted by Gasteiger charge is -2.12. The third-order valence-electron chi connectivity index (χ3n) is 5.10. The predicted octanol–water partition coefficient (Wildman–Crippen LogP) is 5.36. The van der Waals surface area contributed by atoms with Crippen LogP contribution in [0.5, 0.6) is 0 Å². The van der Waals surface area contributed by atoms with Crippen LogP contribution in [0.25, 0.3) is 10.6 Å². The summed E-state index contributed by atoms with van der Waals surface area (Å²) in [7, 11) is 0. The van der Waals surface area contributed by atoms with Crippen LogP contribution < -0.4 is 5.32 Å². The smallest absolute Gasteiger partial charge is 0.252 e. The number of aryl methyl sites for hydroxylation is 1. The van der Waals surface area contributed by atoms with E-state index in [4.69, 9.17) is 9.72 Å². The van der Waals surface area contributed by atoms with Crippen molar-refractivity contribution < 1.29 is 9.53 Å². The van der Waals surface area contributed by atoms with Gasteiger partial charge in [0, 0.05) is 41.2 Å². The van der Waals surface area contributed by atoms with Crippen LogP contribution in [0.15, 0.2) is 58.8 Å². The Bertz CT molecular complexity index is 979. The summed E-state index contributed by atoms with van der Waals surface area (Å²) in [5.74, 6) is 0.865. The normalized spacial score (nSPS) is 16.0. The summed E-state index contributed by atoms with van der Waals surface area (Å²) in [5, 5.41) is 6.15. The Balaban J connectivity index is 1.30. The largest absolute Gasteiger partial charge is 0.377 e. The molecule has 4 rings (SSSR count). The SMILES string of the molecule is Cc1ccc(-c2nc(CCNC(=O)c3ccccc3SCC3CCCO3)cs2)cc1. The highest BCUT2D eigenvalue weighted by Gasteiger charge is 2.18. The van der Waals surface area contributed by atoms with Crippen LogP contribution in [-0.4, -0.2) is 35.9 Å². The van der Waals surface area contributed by atoms with Gasteiger partial charge in [0.1, 0.15) is 5.01 Å². The van der Waals surface area contributed by atoms with E-state index in [9.17, 15) is 4.79 Å². The molecule has 1 saturated heterocycles. The fourth-order valence-electron chi connectivity index (χ4n) is 3.39. The van der Waals surface area contributed by atoms with Gasteiger partial charge in [0.05, 0.1) is 17.4 Å². The zero-order valence-corrected chi connectivity index (χ0v) is 18.7. The van der Waals surface area contributed by atoms with Gasteiger partial charge >= 0.3 is 0 Å². The molecule has 1 amide bonds. The van der Waals surface area contributed by atoms with Gasteiger partial charge in [-0.3, -0.25) is 4.79 Å². The van der Waals surface area contributed by atoms with E-state index >= 15 is 0 Å². The molecule has 0 bridgehead atoms. The topological polar surface area (TPSA) is 51.2 Å². The fourth-order valence-corrected chi connectivity index (χ4v) is 5.37. The van der Waals surface area contributed by atoms with Crippen molar-refractivity contribution in [1.29, 1.82) is 0 Å². The molecular formula is C24H26N2O2S2. The summed E-state index contributed by atoms with van der Waals surface area (Å²) in [4.78, 5) is 18.5. The average molecular weight is 439 g/mol. The number of thiazole rings is 1. The van der Waals surface area contributed by atoms with Crippen molar-refractivity contribution in [2.75, 3.05) is 18.9 Å². The van der Waals surface area contributed by atoms with E-state index in [0.717, 1.165) is 58.3 Å². The minimum Gasteiger partial charge on any atom is -0.377 e. The van der Waals surface area contributed by atoms with E-state index in [0.29, 0.717) is 12.6 Å². The minimum atomic E-state index is -0.0283. The second-order valence-corrected chi connectivity index (χ2v) is 9.38. The van der Waals surface area contributed by atoms with E-state index in [1.54, 1.807) is 23.1 Å². The number of rotatable bonds is 8. The lowest BCUT2D eigenvalue weighted by molar-refractivity contribution is 0.0951. The Kier molecular flexibility index (Phi) is 7.20. The van der Waals surface area contributed by atoms with Crippen molar-refractivity contribution in [2.24, 2.45) is 0 Å². The van der Waals surface area contributed by atoms with Crippen LogP contribution in [0.1, 0.15) is 34.5 Å². The monoisotopic (exact) mass is 438 g/mol. The van der Waals surface area contributed by atoms with Gasteiger partial charge in [-0.05, 0) is 31.9 Å². The third-order valence-corrected chi connectivity index (χ3v) is 7.24. The second kappa shape index (κ2) is 10.2. The molecule has 30 heavy (non-hydrogen) atoms. The van der Waals surface area contributed by atoms with Gasteiger partial charge in [-0.1, -0.05) is 42.0 Å².